The zero-order valence-corrected chi connectivity index (χ0v) is 37.5. The fraction of sp³-hybridized carbons (Fsp3) is 0.357. The zero-order valence-electron chi connectivity index (χ0n) is 33.0. The van der Waals surface area contributed by atoms with Gasteiger partial charge in [-0.25, -0.2) is 4.98 Å². The van der Waals surface area contributed by atoms with Crippen molar-refractivity contribution < 1.29 is 28.4 Å². The Morgan fingerprint density at radius 1 is 0.593 bits per heavy atom. The molecule has 11 nitrogen and oxygen atoms in total. The molecule has 0 aliphatic rings. The van der Waals surface area contributed by atoms with Gasteiger partial charge < -0.3 is 39.1 Å². The lowest BCUT2D eigenvalue weighted by atomic mass is 10.1. The summed E-state index contributed by atoms with van der Waals surface area (Å²) in [6, 6.07) is 15.7. The summed E-state index contributed by atoms with van der Waals surface area (Å²) in [6.07, 6.45) is 3.29. The van der Waals surface area contributed by atoms with Gasteiger partial charge in [0.2, 0.25) is 0 Å². The lowest BCUT2D eigenvalue weighted by Gasteiger charge is -2.09. The molecule has 0 radical (unpaired) electrons. The number of aromatic nitrogens is 3. The SMILES string of the molecule is C.COCCCc1cc(=O)c2ccc(OC)c(Cl)c2[nH]1.COCCCc1cc(Cl)c2ccc(OC)c(Cl)c2n1.COCCN.COc1ccc2c(Cl)cc(Cl)nc2c1Cl. The van der Waals surface area contributed by atoms with Gasteiger partial charge in [0.25, 0.3) is 0 Å². The molecular weight excluding hydrogens is 885 g/mol. The van der Waals surface area contributed by atoms with Crippen molar-refractivity contribution in [3.8, 4) is 17.2 Å². The molecule has 17 heteroatoms. The van der Waals surface area contributed by atoms with Crippen molar-refractivity contribution in [2.75, 3.05) is 69.0 Å². The summed E-state index contributed by atoms with van der Waals surface area (Å²) >= 11 is 36.7. The molecule has 59 heavy (non-hydrogen) atoms. The van der Waals surface area contributed by atoms with Crippen LogP contribution in [0.1, 0.15) is 31.7 Å². The van der Waals surface area contributed by atoms with Crippen molar-refractivity contribution in [2.24, 2.45) is 5.73 Å². The Kier molecular flexibility index (Phi) is 23.5. The summed E-state index contributed by atoms with van der Waals surface area (Å²) in [7, 11) is 9.64. The predicted molar refractivity (Wildman–Crippen MR) is 246 cm³/mol. The maximum Gasteiger partial charge on any atom is 0.189 e. The topological polar surface area (TPSA) is 140 Å². The van der Waals surface area contributed by atoms with E-state index in [4.69, 9.17) is 99.0 Å². The van der Waals surface area contributed by atoms with Gasteiger partial charge in [0.1, 0.15) is 37.5 Å². The van der Waals surface area contributed by atoms with Gasteiger partial charge in [-0.2, -0.15) is 0 Å². The van der Waals surface area contributed by atoms with Gasteiger partial charge in [0.15, 0.2) is 5.43 Å². The van der Waals surface area contributed by atoms with E-state index in [2.05, 4.69) is 19.7 Å². The van der Waals surface area contributed by atoms with Crippen molar-refractivity contribution in [3.63, 3.8) is 0 Å². The van der Waals surface area contributed by atoms with E-state index in [9.17, 15) is 4.79 Å². The van der Waals surface area contributed by atoms with E-state index in [0.717, 1.165) is 47.8 Å². The number of hydrogen-bond acceptors (Lipinski definition) is 10. The number of benzene rings is 3. The number of rotatable bonds is 13. The Morgan fingerprint density at radius 3 is 1.56 bits per heavy atom. The van der Waals surface area contributed by atoms with Gasteiger partial charge in [0.05, 0.1) is 54.5 Å². The fourth-order valence-corrected chi connectivity index (χ4v) is 7.03. The van der Waals surface area contributed by atoms with Crippen LogP contribution in [-0.2, 0) is 27.1 Å². The number of pyridine rings is 3. The highest BCUT2D eigenvalue weighted by molar-refractivity contribution is 6.42. The average molecular weight is 936 g/mol. The number of ether oxygens (including phenoxy) is 6. The minimum atomic E-state index is -0.0364. The number of halogens is 6. The third-order valence-electron chi connectivity index (χ3n) is 8.21. The maximum absolute atomic E-state index is 12.0. The van der Waals surface area contributed by atoms with Crippen LogP contribution >= 0.6 is 69.6 Å². The number of H-pyrrole nitrogens is 1. The van der Waals surface area contributed by atoms with E-state index < -0.39 is 0 Å². The average Bonchev–Trinajstić information content (AvgIpc) is 3.20. The van der Waals surface area contributed by atoms with Gasteiger partial charge in [0, 0.05) is 74.7 Å². The molecule has 0 fully saturated rings. The number of nitrogens with one attached hydrogen (secondary N) is 1. The molecule has 0 saturated carbocycles. The number of aryl methyl sites for hydroxylation is 2. The second-order valence-electron chi connectivity index (χ2n) is 12.1. The summed E-state index contributed by atoms with van der Waals surface area (Å²) < 4.78 is 30.0. The van der Waals surface area contributed by atoms with E-state index in [0.29, 0.717) is 95.8 Å². The lowest BCUT2D eigenvalue weighted by Crippen LogP contribution is -2.06. The molecule has 3 heterocycles. The first-order valence-electron chi connectivity index (χ1n) is 17.7. The Hall–Kier alpha value is -3.33. The second kappa shape index (κ2) is 26.8. The molecule has 0 atom stereocenters. The molecule has 3 aromatic heterocycles. The van der Waals surface area contributed by atoms with Crippen molar-refractivity contribution >= 4 is 102 Å². The fourth-order valence-electron chi connectivity index (χ4n) is 5.39. The third-order valence-corrected chi connectivity index (χ3v) is 10.1. The molecule has 0 unspecified atom stereocenters. The van der Waals surface area contributed by atoms with Gasteiger partial charge in [-0.05, 0) is 74.2 Å². The number of hydrogen-bond donors (Lipinski definition) is 2. The van der Waals surface area contributed by atoms with E-state index in [1.165, 1.54) is 0 Å². The second-order valence-corrected chi connectivity index (χ2v) is 14.5. The van der Waals surface area contributed by atoms with Crippen LogP contribution in [0.25, 0.3) is 32.7 Å². The summed E-state index contributed by atoms with van der Waals surface area (Å²) in [5.41, 5.74) is 8.59. The first kappa shape index (κ1) is 51.8. The molecule has 0 saturated heterocycles. The van der Waals surface area contributed by atoms with Crippen LogP contribution in [0.5, 0.6) is 17.2 Å². The van der Waals surface area contributed by atoms with Crippen molar-refractivity contribution in [2.45, 2.75) is 33.1 Å². The van der Waals surface area contributed by atoms with E-state index in [1.54, 1.807) is 85.1 Å². The smallest absolute Gasteiger partial charge is 0.189 e. The quantitative estimate of drug-likeness (QED) is 0.0849. The molecule has 322 valence electrons. The number of fused-ring (bicyclic) bond motifs is 3. The first-order valence-corrected chi connectivity index (χ1v) is 20.0. The van der Waals surface area contributed by atoms with Gasteiger partial charge in [-0.1, -0.05) is 77.0 Å². The largest absolute Gasteiger partial charge is 0.495 e. The molecule has 0 amide bonds. The van der Waals surface area contributed by atoms with Crippen molar-refractivity contribution in [1.82, 2.24) is 15.0 Å². The molecule has 0 bridgehead atoms. The Balaban J connectivity index is 0.000000288. The minimum Gasteiger partial charge on any atom is -0.495 e. The van der Waals surface area contributed by atoms with Gasteiger partial charge in [-0.15, -0.1) is 0 Å². The molecule has 0 aliphatic heterocycles. The molecule has 0 spiro atoms. The summed E-state index contributed by atoms with van der Waals surface area (Å²) in [6.45, 7) is 2.64. The molecule has 6 aromatic rings. The number of nitrogens with two attached hydrogens (primary N) is 1. The molecular formula is C42H50Cl6N4O7. The molecule has 0 aliphatic carbocycles. The van der Waals surface area contributed by atoms with Crippen LogP contribution in [0.2, 0.25) is 30.3 Å². The third kappa shape index (κ3) is 14.7. The van der Waals surface area contributed by atoms with Crippen molar-refractivity contribution in [3.05, 3.63) is 106 Å². The van der Waals surface area contributed by atoms with Crippen LogP contribution in [-0.4, -0.2) is 84.0 Å². The van der Waals surface area contributed by atoms with E-state index in [-0.39, 0.29) is 12.9 Å². The Bertz CT molecular complexity index is 2310. The molecule has 3 N–H and O–H groups in total. The van der Waals surface area contributed by atoms with Crippen LogP contribution < -0.4 is 25.4 Å². The Morgan fingerprint density at radius 2 is 1.07 bits per heavy atom. The monoisotopic (exact) mass is 932 g/mol. The highest BCUT2D eigenvalue weighted by Crippen LogP contribution is 2.37. The number of nitrogens with zero attached hydrogens (tertiary/aromatic N) is 2. The highest BCUT2D eigenvalue weighted by atomic mass is 35.5. The Labute approximate surface area is 375 Å². The van der Waals surface area contributed by atoms with Crippen LogP contribution in [0.3, 0.4) is 0 Å². The maximum atomic E-state index is 12.0. The summed E-state index contributed by atoms with van der Waals surface area (Å²) in [5, 5.41) is 5.00. The van der Waals surface area contributed by atoms with Crippen molar-refractivity contribution in [1.29, 1.82) is 0 Å². The molecule has 6 rings (SSSR count). The van der Waals surface area contributed by atoms with Crippen LogP contribution in [0, 0.1) is 0 Å². The predicted octanol–water partition coefficient (Wildman–Crippen LogP) is 11.3. The number of methoxy groups -OCH3 is 6. The van der Waals surface area contributed by atoms with Gasteiger partial charge in [-0.3, -0.25) is 9.78 Å². The summed E-state index contributed by atoms with van der Waals surface area (Å²) in [4.78, 5) is 23.9. The molecule has 3 aromatic carbocycles. The van der Waals surface area contributed by atoms with E-state index >= 15 is 0 Å². The van der Waals surface area contributed by atoms with Crippen LogP contribution in [0.4, 0.5) is 0 Å². The summed E-state index contributed by atoms with van der Waals surface area (Å²) in [5.74, 6) is 1.71. The minimum absolute atomic E-state index is 0. The first-order chi connectivity index (χ1) is 27.9. The van der Waals surface area contributed by atoms with Crippen LogP contribution in [0.15, 0.2) is 59.4 Å². The normalized spacial score (nSPS) is 10.5. The lowest BCUT2D eigenvalue weighted by molar-refractivity contribution is 0.195. The highest BCUT2D eigenvalue weighted by Gasteiger charge is 2.13. The standard InChI is InChI=1S/C14H15Cl2NO2.C14H16ClNO3.C10H6Cl3NO.C3H9NO.CH4/c1-18-7-3-4-9-8-11(15)10-5-6-12(19-2)13(16)14(10)17-9;1-18-7-3-4-9-8-11(17)10-5-6-12(19-2)13(15)14(10)16-9;1-15-7-3-2-5-6(11)4-8(12)14-10(5)9(7)13;1-5-3-2-4;/h5-6,8H,3-4,7H2,1-2H3;5-6,8H,3-4,7H2,1-2H3,(H,16,17);2-4H,1H3;2-4H2,1H3;1H4. The van der Waals surface area contributed by atoms with E-state index in [1.807, 2.05) is 12.1 Å². The zero-order chi connectivity index (χ0) is 42.8. The van der Waals surface area contributed by atoms with Gasteiger partial charge >= 0.3 is 0 Å². The number of aromatic amines is 1.